The molecule has 1 fully saturated rings. The molecular formula is C24H21F2N9S. The fourth-order valence-corrected chi connectivity index (χ4v) is 5.02. The van der Waals surface area contributed by atoms with Crippen molar-refractivity contribution in [2.24, 2.45) is 0 Å². The van der Waals surface area contributed by atoms with Crippen LogP contribution in [0.5, 0.6) is 0 Å². The Morgan fingerprint density at radius 1 is 1.19 bits per heavy atom. The highest BCUT2D eigenvalue weighted by Gasteiger charge is 2.20. The summed E-state index contributed by atoms with van der Waals surface area (Å²) in [6.45, 7) is 3.78. The minimum absolute atomic E-state index is 0.0290. The highest BCUT2D eigenvalue weighted by molar-refractivity contribution is 7.10. The standard InChI is InChI=1S/C24H21F2N9S/c1-33-4-6-34(7-5-33)21-9-18(28-12-20-30-17-3-2-16(25)22(26)23(17)31-20)24-29-11-19(35(24)32-21)14-8-15(10-27)36-13-14/h2-3,8-9,11,13,28H,4-7,12H2,1H3,(H,30,31). The molecule has 0 bridgehead atoms. The minimum atomic E-state index is -0.968. The lowest BCUT2D eigenvalue weighted by atomic mass is 10.2. The molecule has 12 heteroatoms. The number of nitrogens with one attached hydrogen (secondary N) is 2. The maximum absolute atomic E-state index is 14.1. The van der Waals surface area contributed by atoms with Gasteiger partial charge < -0.3 is 20.1 Å². The maximum Gasteiger partial charge on any atom is 0.186 e. The number of halogens is 2. The number of imidazole rings is 2. The summed E-state index contributed by atoms with van der Waals surface area (Å²) in [6.07, 6.45) is 1.74. The Hall–Kier alpha value is -4.08. The molecule has 2 N–H and O–H groups in total. The molecule has 1 aromatic carbocycles. The first-order chi connectivity index (χ1) is 17.5. The third kappa shape index (κ3) is 3.92. The Morgan fingerprint density at radius 2 is 2.03 bits per heavy atom. The molecule has 5 heterocycles. The predicted molar refractivity (Wildman–Crippen MR) is 134 cm³/mol. The van der Waals surface area contributed by atoms with Crippen LogP contribution in [0.4, 0.5) is 20.3 Å². The zero-order valence-corrected chi connectivity index (χ0v) is 20.1. The third-order valence-electron chi connectivity index (χ3n) is 6.33. The van der Waals surface area contributed by atoms with E-state index in [-0.39, 0.29) is 12.1 Å². The van der Waals surface area contributed by atoms with E-state index in [1.165, 1.54) is 17.4 Å². The first kappa shape index (κ1) is 22.4. The third-order valence-corrected chi connectivity index (χ3v) is 7.16. The van der Waals surface area contributed by atoms with Gasteiger partial charge in [-0.15, -0.1) is 16.4 Å². The molecular weight excluding hydrogens is 484 g/mol. The number of hydrogen-bond acceptors (Lipinski definition) is 8. The fourth-order valence-electron chi connectivity index (χ4n) is 4.33. The van der Waals surface area contributed by atoms with Crippen molar-refractivity contribution < 1.29 is 8.78 Å². The van der Waals surface area contributed by atoms with Crippen molar-refractivity contribution >= 4 is 39.5 Å². The molecule has 0 saturated carbocycles. The lowest BCUT2D eigenvalue weighted by Crippen LogP contribution is -2.45. The summed E-state index contributed by atoms with van der Waals surface area (Å²) in [4.78, 5) is 17.0. The quantitative estimate of drug-likeness (QED) is 0.374. The Balaban J connectivity index is 1.38. The SMILES string of the molecule is CN1CCN(c2cc(NCc3nc4c(F)c(F)ccc4[nH]3)c3ncc(-c4csc(C#N)c4)n3n2)CC1. The topological polar surface area (TPSA) is 101 Å². The van der Waals surface area contributed by atoms with Crippen molar-refractivity contribution in [2.75, 3.05) is 43.4 Å². The van der Waals surface area contributed by atoms with Crippen LogP contribution in [0.2, 0.25) is 0 Å². The van der Waals surface area contributed by atoms with E-state index in [1.54, 1.807) is 10.7 Å². The number of likely N-dealkylation sites (N-methyl/N-ethyl adjacent to an activating group) is 1. The molecule has 182 valence electrons. The zero-order valence-electron chi connectivity index (χ0n) is 19.3. The summed E-state index contributed by atoms with van der Waals surface area (Å²) in [6, 6.07) is 8.50. The number of nitrogens with zero attached hydrogens (tertiary/aromatic N) is 7. The number of piperazine rings is 1. The zero-order chi connectivity index (χ0) is 24.8. The van der Waals surface area contributed by atoms with E-state index in [1.807, 2.05) is 17.5 Å². The Morgan fingerprint density at radius 3 is 2.81 bits per heavy atom. The maximum atomic E-state index is 14.1. The van der Waals surface area contributed by atoms with Gasteiger partial charge in [-0.3, -0.25) is 0 Å². The van der Waals surface area contributed by atoms with Gasteiger partial charge in [0.15, 0.2) is 23.1 Å². The van der Waals surface area contributed by atoms with E-state index in [4.69, 9.17) is 5.10 Å². The summed E-state index contributed by atoms with van der Waals surface area (Å²) in [5, 5.41) is 19.4. The number of aromatic nitrogens is 5. The van der Waals surface area contributed by atoms with Crippen molar-refractivity contribution in [1.82, 2.24) is 29.5 Å². The number of thiophene rings is 1. The van der Waals surface area contributed by atoms with Crippen LogP contribution in [0.1, 0.15) is 10.7 Å². The van der Waals surface area contributed by atoms with Crippen LogP contribution in [0, 0.1) is 23.0 Å². The molecule has 5 aromatic rings. The molecule has 1 aliphatic rings. The van der Waals surface area contributed by atoms with Gasteiger partial charge in [-0.2, -0.15) is 5.26 Å². The number of fused-ring (bicyclic) bond motifs is 2. The summed E-state index contributed by atoms with van der Waals surface area (Å²) in [5.41, 5.74) is 3.39. The molecule has 1 aliphatic heterocycles. The molecule has 9 nitrogen and oxygen atoms in total. The number of aromatic amines is 1. The van der Waals surface area contributed by atoms with Gasteiger partial charge >= 0.3 is 0 Å². The highest BCUT2D eigenvalue weighted by atomic mass is 32.1. The Bertz CT molecular complexity index is 1620. The molecule has 36 heavy (non-hydrogen) atoms. The number of nitriles is 1. The van der Waals surface area contributed by atoms with Gasteiger partial charge in [0.05, 0.1) is 29.6 Å². The van der Waals surface area contributed by atoms with E-state index < -0.39 is 11.6 Å². The Kier molecular flexibility index (Phi) is 5.50. The number of benzene rings is 1. The minimum Gasteiger partial charge on any atom is -0.375 e. The van der Waals surface area contributed by atoms with Crippen molar-refractivity contribution in [2.45, 2.75) is 6.54 Å². The molecule has 0 spiro atoms. The summed E-state index contributed by atoms with van der Waals surface area (Å²) in [7, 11) is 2.10. The molecule has 0 unspecified atom stereocenters. The summed E-state index contributed by atoms with van der Waals surface area (Å²) < 4.78 is 29.5. The largest absolute Gasteiger partial charge is 0.375 e. The van der Waals surface area contributed by atoms with Crippen LogP contribution < -0.4 is 10.2 Å². The predicted octanol–water partition coefficient (Wildman–Crippen LogP) is 3.85. The van der Waals surface area contributed by atoms with Crippen LogP contribution in [-0.2, 0) is 6.54 Å². The number of H-pyrrole nitrogens is 1. The van der Waals surface area contributed by atoms with E-state index in [0.717, 1.165) is 55.0 Å². The average molecular weight is 506 g/mol. The van der Waals surface area contributed by atoms with Crippen LogP contribution in [0.15, 0.2) is 35.8 Å². The van der Waals surface area contributed by atoms with Crippen LogP contribution >= 0.6 is 11.3 Å². The van der Waals surface area contributed by atoms with E-state index in [9.17, 15) is 14.0 Å². The first-order valence-electron chi connectivity index (χ1n) is 11.4. The lowest BCUT2D eigenvalue weighted by Gasteiger charge is -2.33. The van der Waals surface area contributed by atoms with Crippen molar-refractivity contribution in [3.8, 4) is 17.3 Å². The number of rotatable bonds is 5. The Labute approximate surface area is 208 Å². The van der Waals surface area contributed by atoms with Gasteiger partial charge in [-0.25, -0.2) is 23.3 Å². The van der Waals surface area contributed by atoms with E-state index in [0.29, 0.717) is 21.9 Å². The molecule has 0 radical (unpaired) electrons. The molecule has 4 aromatic heterocycles. The second kappa shape index (κ2) is 8.85. The van der Waals surface area contributed by atoms with Crippen molar-refractivity contribution in [3.05, 3.63) is 58.2 Å². The van der Waals surface area contributed by atoms with Crippen LogP contribution in [-0.4, -0.2) is 62.7 Å². The molecule has 1 saturated heterocycles. The van der Waals surface area contributed by atoms with E-state index >= 15 is 0 Å². The average Bonchev–Trinajstić information content (AvgIpc) is 3.63. The van der Waals surface area contributed by atoms with Crippen molar-refractivity contribution in [3.63, 3.8) is 0 Å². The number of anilines is 2. The second-order valence-electron chi connectivity index (χ2n) is 8.69. The van der Waals surface area contributed by atoms with E-state index in [2.05, 4.69) is 43.2 Å². The molecule has 0 amide bonds. The van der Waals surface area contributed by atoms with Gasteiger partial charge in [0.25, 0.3) is 0 Å². The normalized spacial score (nSPS) is 14.6. The number of hydrogen-bond donors (Lipinski definition) is 2. The van der Waals surface area contributed by atoms with Crippen LogP contribution in [0.3, 0.4) is 0 Å². The first-order valence-corrected chi connectivity index (χ1v) is 12.3. The fraction of sp³-hybridized carbons (Fsp3) is 0.250. The second-order valence-corrected chi connectivity index (χ2v) is 9.60. The molecule has 0 atom stereocenters. The van der Waals surface area contributed by atoms with Gasteiger partial charge in [0, 0.05) is 43.2 Å². The molecule has 6 rings (SSSR count). The van der Waals surface area contributed by atoms with Gasteiger partial charge in [-0.1, -0.05) is 0 Å². The smallest absolute Gasteiger partial charge is 0.186 e. The van der Waals surface area contributed by atoms with Gasteiger partial charge in [-0.05, 0) is 25.2 Å². The van der Waals surface area contributed by atoms with Gasteiger partial charge in [0.1, 0.15) is 22.3 Å². The molecule has 0 aliphatic carbocycles. The van der Waals surface area contributed by atoms with Crippen molar-refractivity contribution in [1.29, 1.82) is 5.26 Å². The lowest BCUT2D eigenvalue weighted by molar-refractivity contribution is 0.311. The van der Waals surface area contributed by atoms with Gasteiger partial charge in [0.2, 0.25) is 0 Å². The summed E-state index contributed by atoms with van der Waals surface area (Å²) >= 11 is 1.37. The summed E-state index contributed by atoms with van der Waals surface area (Å²) in [5.74, 6) is -0.636. The van der Waals surface area contributed by atoms with Crippen LogP contribution in [0.25, 0.3) is 27.9 Å². The highest BCUT2D eigenvalue weighted by Crippen LogP contribution is 2.30. The monoisotopic (exact) mass is 505 g/mol.